The van der Waals surface area contributed by atoms with Crippen LogP contribution in [0.4, 0.5) is 18.9 Å². The molecule has 1 fully saturated rings. The molecule has 8 heteroatoms. The van der Waals surface area contributed by atoms with Crippen LogP contribution in [-0.2, 0) is 12.7 Å². The molecule has 25 heavy (non-hydrogen) atoms. The molecule has 5 nitrogen and oxygen atoms in total. The lowest BCUT2D eigenvalue weighted by Gasteiger charge is -2.34. The van der Waals surface area contributed by atoms with Gasteiger partial charge in [0.25, 0.3) is 0 Å². The monoisotopic (exact) mass is 356 g/mol. The molecule has 1 aromatic heterocycles. The van der Waals surface area contributed by atoms with Gasteiger partial charge in [-0.05, 0) is 43.4 Å². The zero-order valence-corrected chi connectivity index (χ0v) is 13.5. The van der Waals surface area contributed by atoms with E-state index in [1.807, 2.05) is 4.90 Å². The second-order valence-corrected chi connectivity index (χ2v) is 6.28. The first-order valence-electron chi connectivity index (χ1n) is 8.14. The Morgan fingerprint density at radius 3 is 2.56 bits per heavy atom. The highest BCUT2D eigenvalue weighted by molar-refractivity contribution is 5.49. The predicted octanol–water partition coefficient (Wildman–Crippen LogP) is 3.47. The van der Waals surface area contributed by atoms with Crippen LogP contribution in [0.25, 0.3) is 0 Å². The summed E-state index contributed by atoms with van der Waals surface area (Å²) in [5.74, 6) is -0.423. The van der Waals surface area contributed by atoms with Gasteiger partial charge in [-0.3, -0.25) is 0 Å². The Kier molecular flexibility index (Phi) is 4.78. The van der Waals surface area contributed by atoms with E-state index in [4.69, 9.17) is 0 Å². The van der Waals surface area contributed by atoms with Crippen LogP contribution in [0.1, 0.15) is 24.8 Å². The van der Waals surface area contributed by atoms with Crippen LogP contribution in [0.15, 0.2) is 39.7 Å². The van der Waals surface area contributed by atoms with E-state index in [1.54, 1.807) is 6.07 Å². The zero-order valence-electron chi connectivity index (χ0n) is 13.5. The number of alkyl halides is 3. The van der Waals surface area contributed by atoms with E-state index < -0.39 is 17.5 Å². The zero-order chi connectivity index (χ0) is 18.0. The smallest absolute Gasteiger partial charge is 0.421 e. The summed E-state index contributed by atoms with van der Waals surface area (Å²) in [7, 11) is 0. The summed E-state index contributed by atoms with van der Waals surface area (Å²) >= 11 is 0. The summed E-state index contributed by atoms with van der Waals surface area (Å²) in [5.41, 5.74) is -0.0566. The minimum absolute atomic E-state index is 0.189. The van der Waals surface area contributed by atoms with Gasteiger partial charge in [0.15, 0.2) is 6.26 Å². The van der Waals surface area contributed by atoms with Crippen LogP contribution in [0.2, 0.25) is 0 Å². The summed E-state index contributed by atoms with van der Waals surface area (Å²) in [6.45, 7) is 1.70. The molecule has 0 unspecified atom stereocenters. The number of halogens is 3. The number of benzene rings is 1. The Bertz CT molecular complexity index is 774. The molecule has 2 aromatic rings. The molecule has 2 heterocycles. The SMILES string of the molecule is O=c1occ(O)n1CCC1CCN(c2cccc(C(F)(F)F)c2)CC1. The first kappa shape index (κ1) is 17.4. The predicted molar refractivity (Wildman–Crippen MR) is 85.6 cm³/mol. The first-order chi connectivity index (χ1) is 11.8. The maximum absolute atomic E-state index is 12.8. The van der Waals surface area contributed by atoms with Gasteiger partial charge in [-0.1, -0.05) is 6.07 Å². The van der Waals surface area contributed by atoms with Gasteiger partial charge < -0.3 is 14.4 Å². The summed E-state index contributed by atoms with van der Waals surface area (Å²) in [6, 6.07) is 5.38. The Morgan fingerprint density at radius 2 is 1.96 bits per heavy atom. The average molecular weight is 356 g/mol. The quantitative estimate of drug-likeness (QED) is 0.911. The molecule has 0 saturated carbocycles. The number of anilines is 1. The molecule has 0 amide bonds. The molecular formula is C17H19F3N2O3. The second kappa shape index (κ2) is 6.85. The van der Waals surface area contributed by atoms with Crippen LogP contribution in [0.5, 0.6) is 5.88 Å². The number of nitrogens with zero attached hydrogens (tertiary/aromatic N) is 2. The minimum Gasteiger partial charge on any atom is -0.492 e. The molecule has 0 atom stereocenters. The lowest BCUT2D eigenvalue weighted by molar-refractivity contribution is -0.137. The fourth-order valence-electron chi connectivity index (χ4n) is 3.20. The third-order valence-corrected chi connectivity index (χ3v) is 4.68. The van der Waals surface area contributed by atoms with Crippen LogP contribution in [0, 0.1) is 5.92 Å². The number of oxazole rings is 1. The molecule has 136 valence electrons. The van der Waals surface area contributed by atoms with Gasteiger partial charge in [0.1, 0.15) is 0 Å². The average Bonchev–Trinajstić information content (AvgIpc) is 2.91. The van der Waals surface area contributed by atoms with Gasteiger partial charge in [0.2, 0.25) is 5.88 Å². The van der Waals surface area contributed by atoms with Gasteiger partial charge in [-0.25, -0.2) is 9.36 Å². The van der Waals surface area contributed by atoms with Crippen molar-refractivity contribution in [2.24, 2.45) is 5.92 Å². The van der Waals surface area contributed by atoms with Gasteiger partial charge in [-0.2, -0.15) is 13.2 Å². The molecule has 3 rings (SSSR count). The Hall–Kier alpha value is -2.38. The van der Waals surface area contributed by atoms with E-state index in [2.05, 4.69) is 4.42 Å². The van der Waals surface area contributed by atoms with Crippen molar-refractivity contribution in [2.75, 3.05) is 18.0 Å². The summed E-state index contributed by atoms with van der Waals surface area (Å²) in [5, 5.41) is 9.51. The number of aromatic hydroxyl groups is 1. The number of hydrogen-bond acceptors (Lipinski definition) is 4. The van der Waals surface area contributed by atoms with Crippen molar-refractivity contribution in [3.63, 3.8) is 0 Å². The lowest BCUT2D eigenvalue weighted by atomic mass is 9.93. The normalized spacial score (nSPS) is 16.4. The fourth-order valence-corrected chi connectivity index (χ4v) is 3.20. The lowest BCUT2D eigenvalue weighted by Crippen LogP contribution is -2.34. The van der Waals surface area contributed by atoms with Crippen molar-refractivity contribution in [1.82, 2.24) is 4.57 Å². The minimum atomic E-state index is -4.34. The topological polar surface area (TPSA) is 58.6 Å². The first-order valence-corrected chi connectivity index (χ1v) is 8.14. The van der Waals surface area contributed by atoms with E-state index in [-0.39, 0.29) is 5.88 Å². The van der Waals surface area contributed by atoms with Gasteiger partial charge >= 0.3 is 11.9 Å². The Morgan fingerprint density at radius 1 is 1.24 bits per heavy atom. The van der Waals surface area contributed by atoms with E-state index in [0.717, 1.165) is 25.2 Å². The molecule has 0 spiro atoms. The van der Waals surface area contributed by atoms with Crippen molar-refractivity contribution in [1.29, 1.82) is 0 Å². The number of aromatic nitrogens is 1. The van der Waals surface area contributed by atoms with Gasteiger partial charge in [0.05, 0.1) is 5.56 Å². The third-order valence-electron chi connectivity index (χ3n) is 4.68. The van der Waals surface area contributed by atoms with Gasteiger partial charge in [-0.15, -0.1) is 0 Å². The van der Waals surface area contributed by atoms with E-state index >= 15 is 0 Å². The molecule has 1 aromatic carbocycles. The molecular weight excluding hydrogens is 337 g/mol. The second-order valence-electron chi connectivity index (χ2n) is 6.28. The van der Waals surface area contributed by atoms with Crippen LogP contribution >= 0.6 is 0 Å². The van der Waals surface area contributed by atoms with Crippen molar-refractivity contribution in [2.45, 2.75) is 32.0 Å². The summed E-state index contributed by atoms with van der Waals surface area (Å²) in [4.78, 5) is 13.4. The van der Waals surface area contributed by atoms with Crippen LogP contribution in [0.3, 0.4) is 0 Å². The number of piperidine rings is 1. The highest BCUT2D eigenvalue weighted by Gasteiger charge is 2.31. The fraction of sp³-hybridized carbons (Fsp3) is 0.471. The Balaban J connectivity index is 1.56. The number of rotatable bonds is 4. The number of hydrogen-bond donors (Lipinski definition) is 1. The van der Waals surface area contributed by atoms with E-state index in [9.17, 15) is 23.1 Å². The van der Waals surface area contributed by atoms with Crippen LogP contribution < -0.4 is 10.7 Å². The summed E-state index contributed by atoms with van der Waals surface area (Å²) < 4.78 is 44.3. The maximum atomic E-state index is 12.8. The molecule has 1 aliphatic rings. The summed E-state index contributed by atoms with van der Waals surface area (Å²) in [6.07, 6.45) is -0.969. The van der Waals surface area contributed by atoms with E-state index in [0.29, 0.717) is 37.7 Å². The van der Waals surface area contributed by atoms with Crippen molar-refractivity contribution >= 4 is 5.69 Å². The molecule has 1 N–H and O–H groups in total. The standard InChI is InChI=1S/C17H19F3N2O3/c18-17(19,20)13-2-1-3-14(10-13)21-7-4-12(5-8-21)6-9-22-15(23)11-25-16(22)24/h1-3,10-12,23H,4-9H2. The van der Waals surface area contributed by atoms with E-state index in [1.165, 1.54) is 16.7 Å². The molecule has 0 radical (unpaired) electrons. The van der Waals surface area contributed by atoms with Crippen LogP contribution in [-0.4, -0.2) is 22.8 Å². The highest BCUT2D eigenvalue weighted by atomic mass is 19.4. The van der Waals surface area contributed by atoms with Crippen molar-refractivity contribution < 1.29 is 22.7 Å². The molecule has 1 aliphatic heterocycles. The Labute approximate surface area is 142 Å². The molecule has 1 saturated heterocycles. The third kappa shape index (κ3) is 4.00. The molecule has 0 bridgehead atoms. The van der Waals surface area contributed by atoms with Crippen molar-refractivity contribution in [3.8, 4) is 5.88 Å². The maximum Gasteiger partial charge on any atom is 0.421 e. The largest absolute Gasteiger partial charge is 0.492 e. The molecule has 0 aliphatic carbocycles. The highest BCUT2D eigenvalue weighted by Crippen LogP contribution is 2.33. The van der Waals surface area contributed by atoms with Crippen molar-refractivity contribution in [3.05, 3.63) is 46.6 Å². The van der Waals surface area contributed by atoms with Gasteiger partial charge in [0, 0.05) is 25.3 Å².